The second-order valence-corrected chi connectivity index (χ2v) is 6.23. The lowest BCUT2D eigenvalue weighted by atomic mass is 9.93. The molecular formula is C15H23N3S. The van der Waals surface area contributed by atoms with Crippen LogP contribution in [0.25, 0.3) is 0 Å². The van der Waals surface area contributed by atoms with Gasteiger partial charge in [0.05, 0.1) is 11.3 Å². The van der Waals surface area contributed by atoms with Crippen molar-refractivity contribution in [2.45, 2.75) is 46.6 Å². The maximum atomic E-state index is 5.92. The van der Waals surface area contributed by atoms with Crippen LogP contribution in [0.1, 0.15) is 43.6 Å². The second-order valence-electron chi connectivity index (χ2n) is 5.79. The van der Waals surface area contributed by atoms with Gasteiger partial charge >= 0.3 is 0 Å². The zero-order chi connectivity index (χ0) is 14.2. The molecule has 2 rings (SSSR count). The molecule has 0 spiro atoms. The summed E-state index contributed by atoms with van der Waals surface area (Å²) in [5.74, 6) is 0.712. The van der Waals surface area contributed by atoms with Crippen molar-refractivity contribution in [1.29, 1.82) is 0 Å². The SMILES string of the molecule is Cc1cc(N2CC(C)CCC2C)c(C(N)=S)c(C)n1. The highest BCUT2D eigenvalue weighted by Crippen LogP contribution is 2.31. The van der Waals surface area contributed by atoms with Crippen LogP contribution in [0.2, 0.25) is 0 Å². The molecule has 1 aromatic heterocycles. The van der Waals surface area contributed by atoms with E-state index in [2.05, 4.69) is 29.8 Å². The predicted molar refractivity (Wildman–Crippen MR) is 84.8 cm³/mol. The van der Waals surface area contributed by atoms with E-state index in [0.717, 1.165) is 29.2 Å². The molecule has 0 radical (unpaired) electrons. The zero-order valence-electron chi connectivity index (χ0n) is 12.2. The van der Waals surface area contributed by atoms with E-state index in [1.54, 1.807) is 0 Å². The van der Waals surface area contributed by atoms with Crippen LogP contribution in [0.5, 0.6) is 0 Å². The Morgan fingerprint density at radius 2 is 2.05 bits per heavy atom. The number of rotatable bonds is 2. The van der Waals surface area contributed by atoms with E-state index in [9.17, 15) is 0 Å². The number of pyridine rings is 1. The lowest BCUT2D eigenvalue weighted by Gasteiger charge is -2.39. The maximum absolute atomic E-state index is 5.92. The minimum atomic E-state index is 0.449. The fourth-order valence-electron chi connectivity index (χ4n) is 2.96. The van der Waals surface area contributed by atoms with Crippen molar-refractivity contribution in [3.8, 4) is 0 Å². The minimum absolute atomic E-state index is 0.449. The molecule has 2 atom stereocenters. The summed E-state index contributed by atoms with van der Waals surface area (Å²) in [5.41, 5.74) is 9.99. The first-order valence-corrected chi connectivity index (χ1v) is 7.35. The Balaban J connectivity index is 2.50. The standard InChI is InChI=1S/C15H23N3S/c1-9-5-6-11(3)18(8-9)13-7-10(2)17-12(4)14(13)15(16)19/h7,9,11H,5-6,8H2,1-4H3,(H2,16,19). The molecule has 1 saturated heterocycles. The van der Waals surface area contributed by atoms with Crippen LogP contribution in [-0.4, -0.2) is 22.6 Å². The van der Waals surface area contributed by atoms with Gasteiger partial charge in [-0.05, 0) is 45.6 Å². The number of nitrogens with zero attached hydrogens (tertiary/aromatic N) is 2. The van der Waals surface area contributed by atoms with Gasteiger partial charge in [-0.2, -0.15) is 0 Å². The van der Waals surface area contributed by atoms with Gasteiger partial charge in [0.1, 0.15) is 4.99 Å². The summed E-state index contributed by atoms with van der Waals surface area (Å²) < 4.78 is 0. The first kappa shape index (κ1) is 14.3. The van der Waals surface area contributed by atoms with Crippen molar-refractivity contribution in [3.63, 3.8) is 0 Å². The van der Waals surface area contributed by atoms with Gasteiger partial charge in [-0.1, -0.05) is 19.1 Å². The van der Waals surface area contributed by atoms with Gasteiger partial charge < -0.3 is 10.6 Å². The van der Waals surface area contributed by atoms with Gasteiger partial charge in [0.2, 0.25) is 0 Å². The molecule has 0 aromatic carbocycles. The fraction of sp³-hybridized carbons (Fsp3) is 0.600. The van der Waals surface area contributed by atoms with Gasteiger partial charge in [-0.15, -0.1) is 0 Å². The van der Waals surface area contributed by atoms with Crippen molar-refractivity contribution in [1.82, 2.24) is 4.98 Å². The normalized spacial score (nSPS) is 23.5. The Morgan fingerprint density at radius 1 is 1.37 bits per heavy atom. The van der Waals surface area contributed by atoms with E-state index in [4.69, 9.17) is 18.0 Å². The lowest BCUT2D eigenvalue weighted by molar-refractivity contribution is 0.390. The second kappa shape index (κ2) is 5.45. The smallest absolute Gasteiger partial charge is 0.107 e. The Bertz CT molecular complexity index is 498. The van der Waals surface area contributed by atoms with Crippen molar-refractivity contribution < 1.29 is 0 Å². The zero-order valence-corrected chi connectivity index (χ0v) is 13.0. The summed E-state index contributed by atoms with van der Waals surface area (Å²) in [6, 6.07) is 2.65. The van der Waals surface area contributed by atoms with Gasteiger partial charge in [0.25, 0.3) is 0 Å². The predicted octanol–water partition coefficient (Wildman–Crippen LogP) is 2.96. The minimum Gasteiger partial charge on any atom is -0.389 e. The number of hydrogen-bond donors (Lipinski definition) is 1. The molecule has 2 unspecified atom stereocenters. The summed E-state index contributed by atoms with van der Waals surface area (Å²) in [6.07, 6.45) is 2.52. The molecule has 2 heterocycles. The lowest BCUT2D eigenvalue weighted by Crippen LogP contribution is -2.42. The number of nitrogens with two attached hydrogens (primary N) is 1. The molecule has 19 heavy (non-hydrogen) atoms. The van der Waals surface area contributed by atoms with Gasteiger partial charge in [-0.3, -0.25) is 4.98 Å². The molecule has 1 aromatic rings. The molecule has 0 saturated carbocycles. The number of aryl methyl sites for hydroxylation is 2. The van der Waals surface area contributed by atoms with Crippen molar-refractivity contribution in [2.24, 2.45) is 11.7 Å². The quantitative estimate of drug-likeness (QED) is 0.844. The highest BCUT2D eigenvalue weighted by atomic mass is 32.1. The van der Waals surface area contributed by atoms with E-state index in [1.807, 2.05) is 13.8 Å². The number of aromatic nitrogens is 1. The van der Waals surface area contributed by atoms with Crippen molar-refractivity contribution >= 4 is 22.9 Å². The van der Waals surface area contributed by atoms with Crippen LogP contribution in [0.3, 0.4) is 0 Å². The van der Waals surface area contributed by atoms with E-state index in [0.29, 0.717) is 16.9 Å². The highest BCUT2D eigenvalue weighted by Gasteiger charge is 2.26. The molecular weight excluding hydrogens is 254 g/mol. The molecule has 1 aliphatic rings. The summed E-state index contributed by atoms with van der Waals surface area (Å²) in [6.45, 7) is 9.67. The molecule has 4 heteroatoms. The van der Waals surface area contributed by atoms with Crippen LogP contribution >= 0.6 is 12.2 Å². The average Bonchev–Trinajstić information content (AvgIpc) is 2.30. The van der Waals surface area contributed by atoms with Crippen LogP contribution in [0.4, 0.5) is 5.69 Å². The van der Waals surface area contributed by atoms with E-state index >= 15 is 0 Å². The molecule has 3 nitrogen and oxygen atoms in total. The van der Waals surface area contributed by atoms with Crippen LogP contribution in [0.15, 0.2) is 6.07 Å². The third-order valence-electron chi connectivity index (χ3n) is 3.98. The summed E-state index contributed by atoms with van der Waals surface area (Å²) in [7, 11) is 0. The summed E-state index contributed by atoms with van der Waals surface area (Å²) >= 11 is 5.23. The van der Waals surface area contributed by atoms with Gasteiger partial charge in [0.15, 0.2) is 0 Å². The number of hydrogen-bond acceptors (Lipinski definition) is 3. The first-order chi connectivity index (χ1) is 8.90. The largest absolute Gasteiger partial charge is 0.389 e. The topological polar surface area (TPSA) is 42.1 Å². The van der Waals surface area contributed by atoms with E-state index in [-0.39, 0.29) is 0 Å². The number of anilines is 1. The van der Waals surface area contributed by atoms with Gasteiger partial charge in [-0.25, -0.2) is 0 Å². The van der Waals surface area contributed by atoms with Crippen LogP contribution in [0, 0.1) is 19.8 Å². The molecule has 0 amide bonds. The van der Waals surface area contributed by atoms with Crippen LogP contribution < -0.4 is 10.6 Å². The molecule has 1 aliphatic heterocycles. The van der Waals surface area contributed by atoms with Crippen molar-refractivity contribution in [2.75, 3.05) is 11.4 Å². The number of piperidine rings is 1. The third-order valence-corrected chi connectivity index (χ3v) is 4.19. The maximum Gasteiger partial charge on any atom is 0.107 e. The Labute approximate surface area is 121 Å². The van der Waals surface area contributed by atoms with E-state index in [1.165, 1.54) is 12.8 Å². The third kappa shape index (κ3) is 2.89. The molecule has 1 fully saturated rings. The fourth-order valence-corrected chi connectivity index (χ4v) is 3.22. The average molecular weight is 277 g/mol. The molecule has 2 N–H and O–H groups in total. The van der Waals surface area contributed by atoms with E-state index < -0.39 is 0 Å². The number of thiocarbonyl (C=S) groups is 1. The highest BCUT2D eigenvalue weighted by molar-refractivity contribution is 7.80. The summed E-state index contributed by atoms with van der Waals surface area (Å²) in [4.78, 5) is 7.40. The first-order valence-electron chi connectivity index (χ1n) is 6.94. The Kier molecular flexibility index (Phi) is 4.09. The van der Waals surface area contributed by atoms with Gasteiger partial charge in [0, 0.05) is 24.0 Å². The summed E-state index contributed by atoms with van der Waals surface area (Å²) in [5, 5.41) is 0. The molecule has 104 valence electrons. The Morgan fingerprint density at radius 3 is 2.68 bits per heavy atom. The van der Waals surface area contributed by atoms with Crippen molar-refractivity contribution in [3.05, 3.63) is 23.0 Å². The molecule has 0 aliphatic carbocycles. The monoisotopic (exact) mass is 277 g/mol. The molecule has 0 bridgehead atoms. The Hall–Kier alpha value is -1.16. The van der Waals surface area contributed by atoms with Crippen LogP contribution in [-0.2, 0) is 0 Å².